The highest BCUT2D eigenvalue weighted by atomic mass is 16.5. The van der Waals surface area contributed by atoms with E-state index in [-0.39, 0.29) is 18.4 Å². The minimum Gasteiger partial charge on any atom is -0.482 e. The summed E-state index contributed by atoms with van der Waals surface area (Å²) in [6, 6.07) is 8.62. The second-order valence-corrected chi connectivity index (χ2v) is 4.59. The molecule has 21 heavy (non-hydrogen) atoms. The molecule has 1 aliphatic heterocycles. The molecule has 0 saturated heterocycles. The molecule has 0 atom stereocenters. The molecule has 6 heteroatoms. The van der Waals surface area contributed by atoms with Crippen LogP contribution in [0.3, 0.4) is 0 Å². The number of rotatable bonds is 3. The van der Waals surface area contributed by atoms with Gasteiger partial charge in [0.2, 0.25) is 0 Å². The van der Waals surface area contributed by atoms with E-state index in [2.05, 4.69) is 15.6 Å². The average Bonchev–Trinajstić information content (AvgIpc) is 2.53. The molecule has 0 fully saturated rings. The van der Waals surface area contributed by atoms with Crippen molar-refractivity contribution in [2.24, 2.45) is 0 Å². The normalized spacial score (nSPS) is 12.9. The first-order valence-electron chi connectivity index (χ1n) is 6.46. The fourth-order valence-electron chi connectivity index (χ4n) is 2.01. The van der Waals surface area contributed by atoms with Crippen molar-refractivity contribution in [3.05, 3.63) is 53.9 Å². The first-order valence-corrected chi connectivity index (χ1v) is 6.46. The third kappa shape index (κ3) is 3.00. The van der Waals surface area contributed by atoms with Crippen LogP contribution in [-0.2, 0) is 11.3 Å². The molecule has 1 aliphatic rings. The summed E-state index contributed by atoms with van der Waals surface area (Å²) < 4.78 is 5.25. The number of aromatic nitrogens is 1. The summed E-state index contributed by atoms with van der Waals surface area (Å²) in [4.78, 5) is 27.3. The molecule has 1 aromatic heterocycles. The highest BCUT2D eigenvalue weighted by molar-refractivity contribution is 5.99. The first kappa shape index (κ1) is 13.1. The largest absolute Gasteiger partial charge is 0.482 e. The van der Waals surface area contributed by atoms with Crippen molar-refractivity contribution in [3.63, 3.8) is 0 Å². The quantitative estimate of drug-likeness (QED) is 0.891. The van der Waals surface area contributed by atoms with Gasteiger partial charge in [0.15, 0.2) is 6.61 Å². The monoisotopic (exact) mass is 283 g/mol. The number of carbonyl (C=O) groups is 2. The van der Waals surface area contributed by atoms with Crippen LogP contribution < -0.4 is 15.4 Å². The number of nitrogens with one attached hydrogen (secondary N) is 2. The van der Waals surface area contributed by atoms with Crippen LogP contribution in [0.25, 0.3) is 0 Å². The van der Waals surface area contributed by atoms with Gasteiger partial charge in [-0.15, -0.1) is 0 Å². The fraction of sp³-hybridized carbons (Fsp3) is 0.133. The number of nitrogens with zero attached hydrogens (tertiary/aromatic N) is 1. The van der Waals surface area contributed by atoms with Gasteiger partial charge in [-0.1, -0.05) is 0 Å². The van der Waals surface area contributed by atoms with Crippen molar-refractivity contribution in [1.29, 1.82) is 0 Å². The van der Waals surface area contributed by atoms with Crippen LogP contribution >= 0.6 is 0 Å². The molecule has 2 aromatic rings. The highest BCUT2D eigenvalue weighted by Gasteiger charge is 2.17. The molecule has 2 amide bonds. The lowest BCUT2D eigenvalue weighted by molar-refractivity contribution is -0.118. The Bertz CT molecular complexity index is 686. The van der Waals surface area contributed by atoms with Crippen molar-refractivity contribution in [1.82, 2.24) is 10.3 Å². The SMILES string of the molecule is O=C1COc2ccc(C(=O)NCc3ccncc3)cc2N1. The van der Waals surface area contributed by atoms with E-state index in [1.807, 2.05) is 12.1 Å². The first-order chi connectivity index (χ1) is 10.2. The van der Waals surface area contributed by atoms with Crippen molar-refractivity contribution in [3.8, 4) is 5.75 Å². The Kier molecular flexibility index (Phi) is 3.51. The van der Waals surface area contributed by atoms with Gasteiger partial charge in [0.05, 0.1) is 5.69 Å². The number of ether oxygens (including phenoxy) is 1. The Balaban J connectivity index is 1.70. The zero-order valence-corrected chi connectivity index (χ0v) is 11.1. The van der Waals surface area contributed by atoms with Crippen LogP contribution in [0.5, 0.6) is 5.75 Å². The van der Waals surface area contributed by atoms with Gasteiger partial charge in [-0.3, -0.25) is 14.6 Å². The number of fused-ring (bicyclic) bond motifs is 1. The molecule has 3 rings (SSSR count). The Morgan fingerprint density at radius 2 is 2.10 bits per heavy atom. The molecule has 0 saturated carbocycles. The molecular weight excluding hydrogens is 270 g/mol. The molecule has 0 aliphatic carbocycles. The van der Waals surface area contributed by atoms with Crippen LogP contribution in [0.1, 0.15) is 15.9 Å². The minimum absolute atomic E-state index is 0.000581. The minimum atomic E-state index is -0.225. The molecule has 0 radical (unpaired) electrons. The second kappa shape index (κ2) is 5.62. The fourth-order valence-corrected chi connectivity index (χ4v) is 2.01. The smallest absolute Gasteiger partial charge is 0.262 e. The topological polar surface area (TPSA) is 80.3 Å². The standard InChI is InChI=1S/C15H13N3O3/c19-14-9-21-13-2-1-11(7-12(13)18-14)15(20)17-8-10-3-5-16-6-4-10/h1-7H,8-9H2,(H,17,20)(H,18,19). The van der Waals surface area contributed by atoms with Crippen molar-refractivity contribution < 1.29 is 14.3 Å². The van der Waals surface area contributed by atoms with Crippen molar-refractivity contribution in [2.45, 2.75) is 6.54 Å². The maximum atomic E-state index is 12.1. The third-order valence-electron chi connectivity index (χ3n) is 3.08. The van der Waals surface area contributed by atoms with Crippen molar-refractivity contribution >= 4 is 17.5 Å². The molecule has 1 aromatic carbocycles. The van der Waals surface area contributed by atoms with E-state index in [1.165, 1.54) is 0 Å². The second-order valence-electron chi connectivity index (χ2n) is 4.59. The summed E-state index contributed by atoms with van der Waals surface area (Å²) >= 11 is 0. The van der Waals surface area contributed by atoms with Crippen LogP contribution in [0.2, 0.25) is 0 Å². The number of hydrogen-bond acceptors (Lipinski definition) is 4. The average molecular weight is 283 g/mol. The predicted octanol–water partition coefficient (Wildman–Crippen LogP) is 1.34. The summed E-state index contributed by atoms with van der Waals surface area (Å²) in [5, 5.41) is 5.49. The summed E-state index contributed by atoms with van der Waals surface area (Å²) in [7, 11) is 0. The Hall–Kier alpha value is -2.89. The molecule has 2 N–H and O–H groups in total. The summed E-state index contributed by atoms with van der Waals surface area (Å²) in [5.74, 6) is 0.131. The predicted molar refractivity (Wildman–Crippen MR) is 76.0 cm³/mol. The lowest BCUT2D eigenvalue weighted by Crippen LogP contribution is -2.27. The number of amides is 2. The Morgan fingerprint density at radius 1 is 1.29 bits per heavy atom. The molecule has 0 unspecified atom stereocenters. The lowest BCUT2D eigenvalue weighted by Gasteiger charge is -2.18. The lowest BCUT2D eigenvalue weighted by atomic mass is 10.1. The van der Waals surface area contributed by atoms with Crippen LogP contribution in [0.4, 0.5) is 5.69 Å². The summed E-state index contributed by atoms with van der Waals surface area (Å²) in [5.41, 5.74) is 1.95. The van der Waals surface area contributed by atoms with Crippen LogP contribution in [0.15, 0.2) is 42.7 Å². The maximum Gasteiger partial charge on any atom is 0.262 e. The van der Waals surface area contributed by atoms with Gasteiger partial charge in [-0.05, 0) is 35.9 Å². The number of pyridine rings is 1. The van der Waals surface area contributed by atoms with Gasteiger partial charge in [-0.25, -0.2) is 0 Å². The van der Waals surface area contributed by atoms with E-state index in [0.717, 1.165) is 5.56 Å². The highest BCUT2D eigenvalue weighted by Crippen LogP contribution is 2.28. The summed E-state index contributed by atoms with van der Waals surface area (Å²) in [6.07, 6.45) is 3.35. The van der Waals surface area contributed by atoms with Crippen molar-refractivity contribution in [2.75, 3.05) is 11.9 Å². The van der Waals surface area contributed by atoms with Gasteiger partial charge >= 0.3 is 0 Å². The molecule has 0 bridgehead atoms. The van der Waals surface area contributed by atoms with Gasteiger partial charge < -0.3 is 15.4 Å². The molecule has 106 valence electrons. The van der Waals surface area contributed by atoms with E-state index >= 15 is 0 Å². The van der Waals surface area contributed by atoms with E-state index < -0.39 is 0 Å². The van der Waals surface area contributed by atoms with Gasteiger partial charge in [0.1, 0.15) is 5.75 Å². The van der Waals surface area contributed by atoms with Gasteiger partial charge in [0, 0.05) is 24.5 Å². The van der Waals surface area contributed by atoms with E-state index in [9.17, 15) is 9.59 Å². The summed E-state index contributed by atoms with van der Waals surface area (Å²) in [6.45, 7) is 0.419. The van der Waals surface area contributed by atoms with E-state index in [1.54, 1.807) is 30.6 Å². The molecule has 0 spiro atoms. The molecular formula is C15H13N3O3. The Labute approximate surface area is 121 Å². The zero-order chi connectivity index (χ0) is 14.7. The van der Waals surface area contributed by atoms with E-state index in [4.69, 9.17) is 4.74 Å². The van der Waals surface area contributed by atoms with Gasteiger partial charge in [0.25, 0.3) is 11.8 Å². The van der Waals surface area contributed by atoms with E-state index in [0.29, 0.717) is 23.5 Å². The Morgan fingerprint density at radius 3 is 2.90 bits per heavy atom. The third-order valence-corrected chi connectivity index (χ3v) is 3.08. The number of carbonyl (C=O) groups excluding carboxylic acids is 2. The van der Waals surface area contributed by atoms with Crippen LogP contribution in [0, 0.1) is 0 Å². The van der Waals surface area contributed by atoms with Gasteiger partial charge in [-0.2, -0.15) is 0 Å². The maximum absolute atomic E-state index is 12.1. The number of anilines is 1. The molecule has 6 nitrogen and oxygen atoms in total. The van der Waals surface area contributed by atoms with Crippen LogP contribution in [-0.4, -0.2) is 23.4 Å². The zero-order valence-electron chi connectivity index (χ0n) is 11.1. The molecule has 2 heterocycles. The number of benzene rings is 1. The number of hydrogen-bond donors (Lipinski definition) is 2.